The Morgan fingerprint density at radius 2 is 1.88 bits per heavy atom. The highest BCUT2D eigenvalue weighted by molar-refractivity contribution is 7.80. The van der Waals surface area contributed by atoms with Crippen molar-refractivity contribution >= 4 is 46.8 Å². The van der Waals surface area contributed by atoms with Crippen LogP contribution in [0, 0.1) is 6.92 Å². The average molecular weight is 466 g/mol. The molecule has 8 nitrogen and oxygen atoms in total. The summed E-state index contributed by atoms with van der Waals surface area (Å²) in [4.78, 5) is 40.8. The molecular weight excluding hydrogens is 442 g/mol. The first-order valence-corrected chi connectivity index (χ1v) is 10.9. The average Bonchev–Trinajstić information content (AvgIpc) is 2.81. The molecule has 2 aromatic rings. The molecule has 0 spiro atoms. The minimum absolute atomic E-state index is 0.0266. The number of benzene rings is 2. The van der Waals surface area contributed by atoms with E-state index in [1.807, 2.05) is 25.1 Å². The monoisotopic (exact) mass is 465 g/mol. The highest BCUT2D eigenvalue weighted by Gasteiger charge is 2.34. The lowest BCUT2D eigenvalue weighted by Gasteiger charge is -2.29. The van der Waals surface area contributed by atoms with E-state index < -0.39 is 11.8 Å². The van der Waals surface area contributed by atoms with Crippen molar-refractivity contribution in [2.24, 2.45) is 0 Å². The molecule has 170 valence electrons. The molecule has 2 aliphatic heterocycles. The summed E-state index contributed by atoms with van der Waals surface area (Å²) in [6, 6.07) is 14.1. The molecule has 4 rings (SSSR count). The van der Waals surface area contributed by atoms with Crippen LogP contribution in [0.4, 0.5) is 5.69 Å². The van der Waals surface area contributed by atoms with Gasteiger partial charge in [0.25, 0.3) is 17.7 Å². The second kappa shape index (κ2) is 9.93. The number of anilines is 1. The first-order valence-electron chi connectivity index (χ1n) is 10.5. The molecule has 33 heavy (non-hydrogen) atoms. The van der Waals surface area contributed by atoms with Gasteiger partial charge in [0.05, 0.1) is 18.9 Å². The Morgan fingerprint density at radius 3 is 2.58 bits per heavy atom. The number of carbonyl (C=O) groups is 3. The minimum atomic E-state index is -0.551. The molecule has 0 radical (unpaired) electrons. The van der Waals surface area contributed by atoms with E-state index in [9.17, 15) is 14.4 Å². The molecule has 0 atom stereocenters. The predicted octanol–water partition coefficient (Wildman–Crippen LogP) is 2.06. The molecule has 1 N–H and O–H groups in total. The van der Waals surface area contributed by atoms with E-state index in [1.165, 1.54) is 11.0 Å². The molecule has 2 aromatic carbocycles. The Bertz CT molecular complexity index is 1120. The first-order chi connectivity index (χ1) is 15.9. The van der Waals surface area contributed by atoms with Gasteiger partial charge in [0.15, 0.2) is 11.7 Å². The van der Waals surface area contributed by atoms with Crippen molar-refractivity contribution < 1.29 is 23.9 Å². The maximum atomic E-state index is 13.1. The van der Waals surface area contributed by atoms with E-state index in [0.717, 1.165) is 5.56 Å². The fraction of sp³-hybridized carbons (Fsp3) is 0.250. The zero-order valence-electron chi connectivity index (χ0n) is 18.1. The van der Waals surface area contributed by atoms with Gasteiger partial charge in [-0.25, -0.2) is 0 Å². The minimum Gasteiger partial charge on any atom is -0.484 e. The van der Waals surface area contributed by atoms with E-state index in [0.29, 0.717) is 43.3 Å². The Morgan fingerprint density at radius 1 is 1.15 bits per heavy atom. The number of thiocarbonyl (C=S) groups is 1. The largest absolute Gasteiger partial charge is 0.484 e. The summed E-state index contributed by atoms with van der Waals surface area (Å²) in [5, 5.41) is 2.62. The fourth-order valence-corrected chi connectivity index (χ4v) is 3.82. The Labute approximate surface area is 196 Å². The third kappa shape index (κ3) is 5.27. The number of nitrogens with one attached hydrogen (secondary N) is 1. The molecule has 0 saturated carbocycles. The summed E-state index contributed by atoms with van der Waals surface area (Å²) in [6.07, 6.45) is 1.50. The molecule has 2 heterocycles. The molecule has 2 aliphatic rings. The molecule has 3 amide bonds. The van der Waals surface area contributed by atoms with E-state index >= 15 is 0 Å². The standard InChI is InChI=1S/C24H23N3O5S/c1-16-3-2-4-18(13-16)27-23(30)20(22(29)25-24(27)33)14-17-5-7-19(8-6-17)32-15-21(28)26-9-11-31-12-10-26/h2-8,13-14H,9-12,15H2,1H3,(H,25,29,33)/b20-14+. The molecule has 0 bridgehead atoms. The van der Waals surface area contributed by atoms with Gasteiger partial charge >= 0.3 is 0 Å². The number of hydrogen-bond acceptors (Lipinski definition) is 6. The number of rotatable bonds is 5. The van der Waals surface area contributed by atoms with Crippen molar-refractivity contribution in [3.8, 4) is 5.75 Å². The lowest BCUT2D eigenvalue weighted by molar-refractivity contribution is -0.137. The predicted molar refractivity (Wildman–Crippen MR) is 127 cm³/mol. The Balaban J connectivity index is 1.46. The number of nitrogens with zero attached hydrogens (tertiary/aromatic N) is 2. The van der Waals surface area contributed by atoms with Crippen molar-refractivity contribution in [1.29, 1.82) is 0 Å². The summed E-state index contributed by atoms with van der Waals surface area (Å²) < 4.78 is 10.8. The second-order valence-electron chi connectivity index (χ2n) is 7.65. The summed E-state index contributed by atoms with van der Waals surface area (Å²) in [5.41, 5.74) is 2.16. The van der Waals surface area contributed by atoms with Crippen LogP contribution < -0.4 is 15.0 Å². The SMILES string of the molecule is Cc1cccc(N2C(=O)/C(=C/c3ccc(OCC(=O)N4CCOCC4)cc3)C(=O)NC2=S)c1. The van der Waals surface area contributed by atoms with Crippen molar-refractivity contribution in [1.82, 2.24) is 10.2 Å². The molecule has 0 aromatic heterocycles. The van der Waals surface area contributed by atoms with Crippen LogP contribution in [0.2, 0.25) is 0 Å². The van der Waals surface area contributed by atoms with Gasteiger partial charge in [-0.2, -0.15) is 0 Å². The fourth-order valence-electron chi connectivity index (χ4n) is 3.54. The number of morpholine rings is 1. The second-order valence-corrected chi connectivity index (χ2v) is 8.03. The topological polar surface area (TPSA) is 88.2 Å². The third-order valence-electron chi connectivity index (χ3n) is 5.28. The zero-order valence-corrected chi connectivity index (χ0v) is 18.9. The van der Waals surface area contributed by atoms with Crippen LogP contribution in [0.25, 0.3) is 6.08 Å². The Hall–Kier alpha value is -3.56. The number of hydrogen-bond donors (Lipinski definition) is 1. The van der Waals surface area contributed by atoms with Gasteiger partial charge in [-0.15, -0.1) is 0 Å². The van der Waals surface area contributed by atoms with Gasteiger partial charge in [0, 0.05) is 13.1 Å². The molecule has 9 heteroatoms. The van der Waals surface area contributed by atoms with Crippen LogP contribution in [-0.2, 0) is 19.1 Å². The van der Waals surface area contributed by atoms with Crippen LogP contribution in [0.3, 0.4) is 0 Å². The highest BCUT2D eigenvalue weighted by Crippen LogP contribution is 2.23. The first kappa shape index (κ1) is 22.6. The van der Waals surface area contributed by atoms with Crippen molar-refractivity contribution in [3.05, 3.63) is 65.2 Å². The van der Waals surface area contributed by atoms with Crippen LogP contribution in [-0.4, -0.2) is 60.6 Å². The van der Waals surface area contributed by atoms with E-state index in [1.54, 1.807) is 35.2 Å². The van der Waals surface area contributed by atoms with E-state index in [2.05, 4.69) is 5.32 Å². The molecule has 2 saturated heterocycles. The summed E-state index contributed by atoms with van der Waals surface area (Å²) in [6.45, 7) is 4.04. The van der Waals surface area contributed by atoms with Crippen LogP contribution in [0.1, 0.15) is 11.1 Å². The van der Waals surface area contributed by atoms with E-state index in [4.69, 9.17) is 21.7 Å². The zero-order chi connectivity index (χ0) is 23.4. The van der Waals surface area contributed by atoms with Gasteiger partial charge in [0.1, 0.15) is 11.3 Å². The smallest absolute Gasteiger partial charge is 0.270 e. The maximum absolute atomic E-state index is 13.1. The van der Waals surface area contributed by atoms with Crippen LogP contribution in [0.5, 0.6) is 5.75 Å². The molecule has 2 fully saturated rings. The summed E-state index contributed by atoms with van der Waals surface area (Å²) >= 11 is 5.23. The van der Waals surface area contributed by atoms with Crippen LogP contribution >= 0.6 is 12.2 Å². The number of carbonyl (C=O) groups excluding carboxylic acids is 3. The van der Waals surface area contributed by atoms with Gasteiger partial charge in [0.2, 0.25) is 0 Å². The maximum Gasteiger partial charge on any atom is 0.270 e. The normalized spacial score (nSPS) is 17.8. The Kier molecular flexibility index (Phi) is 6.81. The summed E-state index contributed by atoms with van der Waals surface area (Å²) in [5.74, 6) is -0.627. The van der Waals surface area contributed by atoms with Crippen LogP contribution in [0.15, 0.2) is 54.1 Å². The van der Waals surface area contributed by atoms with Crippen molar-refractivity contribution in [3.63, 3.8) is 0 Å². The molecular formula is C24H23N3O5S. The van der Waals surface area contributed by atoms with Crippen molar-refractivity contribution in [2.45, 2.75) is 6.92 Å². The third-order valence-corrected chi connectivity index (χ3v) is 5.56. The van der Waals surface area contributed by atoms with Gasteiger partial charge in [-0.1, -0.05) is 24.3 Å². The highest BCUT2D eigenvalue weighted by atomic mass is 32.1. The van der Waals surface area contributed by atoms with Crippen molar-refractivity contribution in [2.75, 3.05) is 37.8 Å². The van der Waals surface area contributed by atoms with Gasteiger partial charge in [-0.3, -0.25) is 24.6 Å². The summed E-state index contributed by atoms with van der Waals surface area (Å²) in [7, 11) is 0. The van der Waals surface area contributed by atoms with Gasteiger partial charge in [-0.05, 0) is 60.6 Å². The number of aryl methyl sites for hydroxylation is 1. The quantitative estimate of drug-likeness (QED) is 0.413. The molecule has 0 unspecified atom stereocenters. The number of amides is 3. The van der Waals surface area contributed by atoms with E-state index in [-0.39, 0.29) is 23.2 Å². The number of ether oxygens (including phenoxy) is 2. The molecule has 0 aliphatic carbocycles. The van der Waals surface area contributed by atoms with Gasteiger partial charge < -0.3 is 14.4 Å². The lowest BCUT2D eigenvalue weighted by Crippen LogP contribution is -2.54. The lowest BCUT2D eigenvalue weighted by atomic mass is 10.1.